The number of nitrogens with one attached hydrogen (secondary N) is 5. The van der Waals surface area contributed by atoms with E-state index in [9.17, 15) is 24.3 Å². The molecule has 0 saturated heterocycles. The Kier molecular flexibility index (Phi) is 15.7. The standard InChI is InChI=1S/C32H57B8N9O5/c1-15-11-18(50)12-16(2)19(15)14-22(48-25(52)20(41)9-6-10-46-28(43)44)26(53)49-23(29(33,34)30(35,36)31(37,38)32(39,40)45)27(54)47-21(24(42)51)13-17-7-4-3-5-8-17/h3-5,7-8,11-12,20-23,50H,6,9-10,13-14,33-41,45H2,1-2H3,(H2,42,51)(H,47,54)(H,48,52)(H,49,53)(H4,43,44,46)/t20-,21+,22+,23?/m1/s1. The summed E-state index contributed by atoms with van der Waals surface area (Å²) in [6.07, 6.45) is 0.824. The molecule has 1 unspecified atom stereocenters. The maximum atomic E-state index is 14.6. The molecule has 2 aromatic carbocycles. The first kappa shape index (κ1) is 46.0. The van der Waals surface area contributed by atoms with Crippen LogP contribution in [0.3, 0.4) is 0 Å². The number of hydrogen-bond acceptors (Lipinski definition) is 8. The molecule has 0 saturated carbocycles. The van der Waals surface area contributed by atoms with Gasteiger partial charge in [-0.25, -0.2) is 0 Å². The van der Waals surface area contributed by atoms with Gasteiger partial charge in [-0.05, 0) is 61.1 Å². The zero-order chi connectivity index (χ0) is 41.4. The van der Waals surface area contributed by atoms with E-state index < -0.39 is 68.8 Å². The summed E-state index contributed by atoms with van der Waals surface area (Å²) in [6, 6.07) is 7.73. The van der Waals surface area contributed by atoms with E-state index in [4.69, 9.17) is 28.3 Å². The van der Waals surface area contributed by atoms with Crippen molar-refractivity contribution in [2.75, 3.05) is 6.54 Å². The van der Waals surface area contributed by atoms with Gasteiger partial charge in [-0.3, -0.25) is 24.6 Å². The first-order valence-electron chi connectivity index (χ1n) is 18.4. The number of guanidine groups is 1. The van der Waals surface area contributed by atoms with Gasteiger partial charge in [0.05, 0.1) is 43.5 Å². The number of rotatable bonds is 19. The van der Waals surface area contributed by atoms with E-state index in [1.807, 2.05) is 93.1 Å². The average molecular weight is 734 g/mol. The van der Waals surface area contributed by atoms with Gasteiger partial charge in [-0.15, -0.1) is 0 Å². The van der Waals surface area contributed by atoms with Crippen molar-refractivity contribution in [3.8, 4) is 5.75 Å². The van der Waals surface area contributed by atoms with Crippen LogP contribution in [-0.4, -0.2) is 134 Å². The topological polar surface area (TPSA) is 265 Å². The minimum atomic E-state index is -1.26. The molecule has 14 N–H and O–H groups in total. The molecule has 22 heteroatoms. The molecule has 2 aromatic rings. The fraction of sp³-hybridized carbons (Fsp3) is 0.469. The molecule has 0 aliphatic carbocycles. The Morgan fingerprint density at radius 2 is 1.33 bits per heavy atom. The molecule has 54 heavy (non-hydrogen) atoms. The molecule has 284 valence electrons. The lowest BCUT2D eigenvalue weighted by Gasteiger charge is -2.61. The number of aromatic hydroxyl groups is 1. The third kappa shape index (κ3) is 11.4. The van der Waals surface area contributed by atoms with Crippen LogP contribution in [0.5, 0.6) is 5.75 Å². The maximum absolute atomic E-state index is 14.6. The normalized spacial score (nSPS) is 14.4. The Labute approximate surface area is 327 Å². The molecule has 0 fully saturated rings. The van der Waals surface area contributed by atoms with E-state index in [2.05, 4.69) is 21.3 Å². The summed E-state index contributed by atoms with van der Waals surface area (Å²) >= 11 is 0. The number of primary amides is 1. The van der Waals surface area contributed by atoms with E-state index in [-0.39, 0.29) is 31.0 Å². The second-order valence-corrected chi connectivity index (χ2v) is 16.7. The van der Waals surface area contributed by atoms with E-state index in [1.54, 1.807) is 26.0 Å². The van der Waals surface area contributed by atoms with Crippen molar-refractivity contribution in [3.63, 3.8) is 0 Å². The lowest BCUT2D eigenvalue weighted by molar-refractivity contribution is -0.134. The SMILES string of the molecule is BC(B)(N)C(B)(B)C(B)(B)C(B)(B)C(NC(=O)[C@H](Cc1c(C)cc(O)cc1C)NC(=O)[C@H](N)CCCNC(=N)N)C(=O)N[C@@H](Cc1ccccc1)C(N)=O. The number of carbonyl (C=O) groups excluding carboxylic acids is 4. The van der Waals surface area contributed by atoms with Gasteiger partial charge in [0.2, 0.25) is 23.6 Å². The van der Waals surface area contributed by atoms with Gasteiger partial charge < -0.3 is 49.3 Å². The highest BCUT2D eigenvalue weighted by Crippen LogP contribution is 2.60. The highest BCUT2D eigenvalue weighted by Gasteiger charge is 2.56. The van der Waals surface area contributed by atoms with Crippen molar-refractivity contribution in [2.24, 2.45) is 22.9 Å². The zero-order valence-electron chi connectivity index (χ0n) is 33.8. The molecule has 4 atom stereocenters. The van der Waals surface area contributed by atoms with Gasteiger partial charge in [-0.1, -0.05) is 51.3 Å². The number of benzene rings is 2. The summed E-state index contributed by atoms with van der Waals surface area (Å²) in [5.74, 6) is -2.76. The Bertz CT molecular complexity index is 1660. The van der Waals surface area contributed by atoms with Gasteiger partial charge in [-0.2, -0.15) is 0 Å². The molecular formula is C32H57B8N9O5. The van der Waals surface area contributed by atoms with Gasteiger partial charge >= 0.3 is 0 Å². The van der Waals surface area contributed by atoms with Crippen molar-refractivity contribution in [3.05, 3.63) is 64.7 Å². The molecule has 0 spiro atoms. The van der Waals surface area contributed by atoms with Gasteiger partial charge in [0.15, 0.2) is 5.96 Å². The Hall–Kier alpha value is -4.17. The maximum Gasteiger partial charge on any atom is 0.243 e. The second kappa shape index (κ2) is 18.4. The predicted molar refractivity (Wildman–Crippen MR) is 237 cm³/mol. The first-order chi connectivity index (χ1) is 24.7. The van der Waals surface area contributed by atoms with Crippen LogP contribution in [0.15, 0.2) is 42.5 Å². The molecule has 4 amide bonds. The smallest absolute Gasteiger partial charge is 0.243 e. The largest absolute Gasteiger partial charge is 0.508 e. The Balaban J connectivity index is 2.64. The number of amides is 4. The highest BCUT2D eigenvalue weighted by atomic mass is 16.3. The first-order valence-corrected chi connectivity index (χ1v) is 18.4. The van der Waals surface area contributed by atoms with Crippen LogP contribution in [0.1, 0.15) is 35.1 Å². The van der Waals surface area contributed by atoms with Crippen LogP contribution in [0.2, 0.25) is 15.6 Å². The molecule has 0 heterocycles. The lowest BCUT2D eigenvalue weighted by atomic mass is 9.11. The van der Waals surface area contributed by atoms with E-state index >= 15 is 0 Å². The van der Waals surface area contributed by atoms with Crippen molar-refractivity contribution in [1.82, 2.24) is 21.3 Å². The fourth-order valence-corrected chi connectivity index (χ4v) is 6.78. The molecule has 0 bridgehead atoms. The predicted octanol–water partition coefficient (Wildman–Crippen LogP) is -8.65. The summed E-state index contributed by atoms with van der Waals surface area (Å²) < 4.78 is 0. The van der Waals surface area contributed by atoms with Gasteiger partial charge in [0.1, 0.15) is 49.2 Å². The number of carbonyl (C=O) groups is 4. The van der Waals surface area contributed by atoms with Crippen LogP contribution in [-0.2, 0) is 32.0 Å². The van der Waals surface area contributed by atoms with Crippen LogP contribution < -0.4 is 44.2 Å². The van der Waals surface area contributed by atoms with E-state index in [1.165, 1.54) is 0 Å². The number of nitrogens with two attached hydrogens (primary N) is 4. The van der Waals surface area contributed by atoms with Crippen LogP contribution in [0, 0.1) is 19.3 Å². The molecule has 2 rings (SSSR count). The van der Waals surface area contributed by atoms with E-state index in [0.717, 1.165) is 11.1 Å². The summed E-state index contributed by atoms with van der Waals surface area (Å²) in [4.78, 5) is 55.5. The minimum absolute atomic E-state index is 0.0194. The van der Waals surface area contributed by atoms with Crippen LogP contribution >= 0.6 is 0 Å². The average Bonchev–Trinajstić information content (AvgIpc) is 3.05. The number of aryl methyl sites for hydroxylation is 2. The van der Waals surface area contributed by atoms with Crippen molar-refractivity contribution < 1.29 is 24.3 Å². The second-order valence-electron chi connectivity index (χ2n) is 16.7. The Morgan fingerprint density at radius 3 is 1.83 bits per heavy atom. The Morgan fingerprint density at radius 1 is 0.796 bits per heavy atom. The highest BCUT2D eigenvalue weighted by molar-refractivity contribution is 6.66. The number of phenols is 1. The molecule has 14 nitrogen and oxygen atoms in total. The van der Waals surface area contributed by atoms with E-state index in [0.29, 0.717) is 24.1 Å². The van der Waals surface area contributed by atoms with Crippen LogP contribution in [0.4, 0.5) is 0 Å². The number of hydrogen-bond donors (Lipinski definition) is 10. The molecular weight excluding hydrogens is 677 g/mol. The van der Waals surface area contributed by atoms with Crippen molar-refractivity contribution >= 4 is 92.4 Å². The van der Waals surface area contributed by atoms with Crippen molar-refractivity contribution in [1.29, 1.82) is 5.41 Å². The summed E-state index contributed by atoms with van der Waals surface area (Å²) in [5, 5.41) is 25.7. The quantitative estimate of drug-likeness (QED) is 0.0284. The third-order valence-corrected chi connectivity index (χ3v) is 12.1. The fourth-order valence-electron chi connectivity index (χ4n) is 6.78. The molecule has 0 aromatic heterocycles. The summed E-state index contributed by atoms with van der Waals surface area (Å²) in [7, 11) is 15.6. The van der Waals surface area contributed by atoms with Crippen molar-refractivity contribution in [2.45, 2.75) is 84.7 Å². The molecule has 0 aliphatic heterocycles. The minimum Gasteiger partial charge on any atom is -0.508 e. The lowest BCUT2D eigenvalue weighted by Crippen LogP contribution is -2.67. The summed E-state index contributed by atoms with van der Waals surface area (Å²) in [5.41, 5.74) is 27.1. The third-order valence-electron chi connectivity index (χ3n) is 12.1. The van der Waals surface area contributed by atoms with Crippen LogP contribution in [0.25, 0.3) is 0 Å². The number of phenolic OH excluding ortho intramolecular Hbond substituents is 1. The van der Waals surface area contributed by atoms with Gasteiger partial charge in [0.25, 0.3) is 0 Å². The molecule has 0 aliphatic rings. The zero-order valence-corrected chi connectivity index (χ0v) is 33.8. The molecule has 0 radical (unpaired) electrons. The summed E-state index contributed by atoms with van der Waals surface area (Å²) in [6.45, 7) is 3.92. The van der Waals surface area contributed by atoms with Gasteiger partial charge in [0, 0.05) is 19.4 Å². The monoisotopic (exact) mass is 736 g/mol.